The molecule has 0 spiro atoms. The molecule has 0 aromatic carbocycles. The van der Waals surface area contributed by atoms with Gasteiger partial charge in [0.05, 0.1) is 6.54 Å². The Kier molecular flexibility index (Phi) is 4.77. The number of likely N-dealkylation sites (tertiary alicyclic amines) is 1. The molecule has 1 saturated heterocycles. The zero-order valence-electron chi connectivity index (χ0n) is 12.4. The quantitative estimate of drug-likeness (QED) is 0.838. The highest BCUT2D eigenvalue weighted by atomic mass is 16.4. The number of hydrogen-bond donors (Lipinski definition) is 2. The van der Waals surface area contributed by atoms with Crippen molar-refractivity contribution in [2.24, 2.45) is 5.92 Å². The maximum Gasteiger partial charge on any atom is 0.320 e. The van der Waals surface area contributed by atoms with Crippen LogP contribution in [0.15, 0.2) is 0 Å². The van der Waals surface area contributed by atoms with E-state index in [9.17, 15) is 9.59 Å². The van der Waals surface area contributed by atoms with Crippen LogP contribution in [-0.2, 0) is 11.3 Å². The average molecular weight is 295 g/mol. The van der Waals surface area contributed by atoms with Crippen LogP contribution < -0.4 is 0 Å². The third-order valence-corrected chi connectivity index (χ3v) is 3.67. The van der Waals surface area contributed by atoms with E-state index in [0.29, 0.717) is 31.9 Å². The lowest BCUT2D eigenvalue weighted by Gasteiger charge is -2.23. The number of aliphatic carboxylic acids is 1. The van der Waals surface area contributed by atoms with Crippen LogP contribution in [0.2, 0.25) is 0 Å². The van der Waals surface area contributed by atoms with Gasteiger partial charge in [-0.15, -0.1) is 0 Å². The molecule has 0 saturated carbocycles. The molecule has 1 aromatic rings. The van der Waals surface area contributed by atoms with Gasteiger partial charge in [-0.1, -0.05) is 0 Å². The molecule has 2 N–H and O–H groups in total. The van der Waals surface area contributed by atoms with Gasteiger partial charge in [-0.2, -0.15) is 5.10 Å². The third kappa shape index (κ3) is 4.17. The van der Waals surface area contributed by atoms with Crippen molar-refractivity contribution in [2.75, 3.05) is 20.1 Å². The molecule has 0 bridgehead atoms. The summed E-state index contributed by atoms with van der Waals surface area (Å²) in [6.07, 6.45) is 1.66. The molecule has 8 nitrogen and oxygen atoms in total. The van der Waals surface area contributed by atoms with Gasteiger partial charge in [0.1, 0.15) is 5.82 Å². The molecule has 1 fully saturated rings. The molecule has 116 valence electrons. The summed E-state index contributed by atoms with van der Waals surface area (Å²) >= 11 is 0. The number of H-pyrrole nitrogens is 1. The predicted molar refractivity (Wildman–Crippen MR) is 74.5 cm³/mol. The van der Waals surface area contributed by atoms with Crippen LogP contribution in [-0.4, -0.2) is 62.2 Å². The number of carboxylic acid groups (broad SMARTS) is 1. The second-order valence-corrected chi connectivity index (χ2v) is 5.51. The van der Waals surface area contributed by atoms with E-state index in [2.05, 4.69) is 15.2 Å². The van der Waals surface area contributed by atoms with Crippen LogP contribution in [0.3, 0.4) is 0 Å². The predicted octanol–water partition coefficient (Wildman–Crippen LogP) is 0.852. The molecule has 21 heavy (non-hydrogen) atoms. The van der Waals surface area contributed by atoms with Gasteiger partial charge in [-0.3, -0.25) is 9.89 Å². The number of urea groups is 1. The fourth-order valence-corrected chi connectivity index (χ4v) is 2.55. The molecule has 1 aliphatic heterocycles. The summed E-state index contributed by atoms with van der Waals surface area (Å²) in [6, 6.07) is -0.0599. The van der Waals surface area contributed by atoms with Crippen molar-refractivity contribution in [2.45, 2.75) is 32.7 Å². The van der Waals surface area contributed by atoms with Crippen molar-refractivity contribution >= 4 is 12.0 Å². The lowest BCUT2D eigenvalue weighted by Crippen LogP contribution is -2.39. The largest absolute Gasteiger partial charge is 0.481 e. The highest BCUT2D eigenvalue weighted by Gasteiger charge is 2.28. The summed E-state index contributed by atoms with van der Waals surface area (Å²) in [6.45, 7) is 3.48. The normalized spacial score (nSPS) is 18.0. The number of carboxylic acids is 1. The van der Waals surface area contributed by atoms with Gasteiger partial charge in [0.15, 0.2) is 5.82 Å². The number of rotatable bonds is 5. The number of carbonyl (C=O) groups is 2. The standard InChI is InChI=1S/C13H21N5O3/c1-9-14-11(16-15-9)8-17(2)13(21)18-6-5-10(7-18)3-4-12(19)20/h10H,3-8H2,1-2H3,(H,19,20)(H,14,15,16). The summed E-state index contributed by atoms with van der Waals surface area (Å²) < 4.78 is 0. The third-order valence-electron chi connectivity index (χ3n) is 3.67. The van der Waals surface area contributed by atoms with Crippen molar-refractivity contribution in [3.05, 3.63) is 11.6 Å². The van der Waals surface area contributed by atoms with Crippen molar-refractivity contribution in [1.29, 1.82) is 0 Å². The van der Waals surface area contributed by atoms with E-state index in [1.54, 1.807) is 16.8 Å². The number of aromatic amines is 1. The highest BCUT2D eigenvalue weighted by Crippen LogP contribution is 2.22. The van der Waals surface area contributed by atoms with Crippen LogP contribution in [0.4, 0.5) is 4.79 Å². The van der Waals surface area contributed by atoms with Gasteiger partial charge in [0.2, 0.25) is 0 Å². The highest BCUT2D eigenvalue weighted by molar-refractivity contribution is 5.74. The van der Waals surface area contributed by atoms with Crippen molar-refractivity contribution < 1.29 is 14.7 Å². The molecule has 1 aromatic heterocycles. The Hall–Kier alpha value is -2.12. The van der Waals surface area contributed by atoms with E-state index in [4.69, 9.17) is 5.11 Å². The van der Waals surface area contributed by atoms with E-state index < -0.39 is 5.97 Å². The average Bonchev–Trinajstić information content (AvgIpc) is 3.04. The van der Waals surface area contributed by atoms with Gasteiger partial charge in [0, 0.05) is 26.6 Å². The van der Waals surface area contributed by atoms with E-state index in [1.165, 1.54) is 0 Å². The first-order valence-corrected chi connectivity index (χ1v) is 7.05. The van der Waals surface area contributed by atoms with Crippen LogP contribution in [0.25, 0.3) is 0 Å². The number of aryl methyl sites for hydroxylation is 1. The molecule has 2 heterocycles. The number of amides is 2. The lowest BCUT2D eigenvalue weighted by molar-refractivity contribution is -0.137. The number of carbonyl (C=O) groups excluding carboxylic acids is 1. The Balaban J connectivity index is 1.81. The molecule has 8 heteroatoms. The summed E-state index contributed by atoms with van der Waals surface area (Å²) in [4.78, 5) is 30.4. The number of aromatic nitrogens is 3. The topological polar surface area (TPSA) is 102 Å². The smallest absolute Gasteiger partial charge is 0.320 e. The minimum atomic E-state index is -0.781. The molecule has 0 aliphatic carbocycles. The minimum Gasteiger partial charge on any atom is -0.481 e. The van der Waals surface area contributed by atoms with Gasteiger partial charge < -0.3 is 14.9 Å². The van der Waals surface area contributed by atoms with E-state index in [0.717, 1.165) is 12.2 Å². The minimum absolute atomic E-state index is 0.0599. The van der Waals surface area contributed by atoms with E-state index >= 15 is 0 Å². The Morgan fingerprint density at radius 3 is 2.90 bits per heavy atom. The van der Waals surface area contributed by atoms with Crippen LogP contribution in [0.5, 0.6) is 0 Å². The number of hydrogen-bond acceptors (Lipinski definition) is 4. The Labute approximate surface area is 123 Å². The molecule has 1 aliphatic rings. The zero-order chi connectivity index (χ0) is 15.4. The van der Waals surface area contributed by atoms with Crippen LogP contribution in [0.1, 0.15) is 30.9 Å². The van der Waals surface area contributed by atoms with Crippen LogP contribution >= 0.6 is 0 Å². The summed E-state index contributed by atoms with van der Waals surface area (Å²) in [5.74, 6) is 0.812. The first-order chi connectivity index (χ1) is 9.95. The van der Waals surface area contributed by atoms with Crippen molar-refractivity contribution in [3.63, 3.8) is 0 Å². The van der Waals surface area contributed by atoms with Gasteiger partial charge in [-0.25, -0.2) is 9.78 Å². The van der Waals surface area contributed by atoms with Crippen molar-refractivity contribution in [3.8, 4) is 0 Å². The fraction of sp³-hybridized carbons (Fsp3) is 0.692. The summed E-state index contributed by atoms with van der Waals surface area (Å²) in [7, 11) is 1.72. The van der Waals surface area contributed by atoms with Gasteiger partial charge in [-0.05, 0) is 25.7 Å². The van der Waals surface area contributed by atoms with Gasteiger partial charge in [0.25, 0.3) is 0 Å². The Morgan fingerprint density at radius 1 is 1.52 bits per heavy atom. The Morgan fingerprint density at radius 2 is 2.29 bits per heavy atom. The number of nitrogens with zero attached hydrogens (tertiary/aromatic N) is 4. The second kappa shape index (κ2) is 6.55. The maximum absolute atomic E-state index is 12.3. The molecule has 1 atom stereocenters. The summed E-state index contributed by atoms with van der Waals surface area (Å²) in [5.41, 5.74) is 0. The molecule has 1 unspecified atom stereocenters. The monoisotopic (exact) mass is 295 g/mol. The van der Waals surface area contributed by atoms with Crippen LogP contribution in [0, 0.1) is 12.8 Å². The molecular formula is C13H21N5O3. The molecular weight excluding hydrogens is 274 g/mol. The maximum atomic E-state index is 12.3. The fourth-order valence-electron chi connectivity index (χ4n) is 2.55. The second-order valence-electron chi connectivity index (χ2n) is 5.51. The first-order valence-electron chi connectivity index (χ1n) is 7.05. The van der Waals surface area contributed by atoms with E-state index in [-0.39, 0.29) is 18.4 Å². The first kappa shape index (κ1) is 15.3. The molecule has 0 radical (unpaired) electrons. The lowest BCUT2D eigenvalue weighted by atomic mass is 10.0. The zero-order valence-corrected chi connectivity index (χ0v) is 12.4. The number of nitrogens with one attached hydrogen (secondary N) is 1. The van der Waals surface area contributed by atoms with E-state index in [1.807, 2.05) is 6.92 Å². The van der Waals surface area contributed by atoms with Gasteiger partial charge >= 0.3 is 12.0 Å². The summed E-state index contributed by atoms with van der Waals surface area (Å²) in [5, 5.41) is 15.5. The SMILES string of the molecule is Cc1nc(CN(C)C(=O)N2CCC(CCC(=O)O)C2)n[nH]1. The van der Waals surface area contributed by atoms with Crippen molar-refractivity contribution in [1.82, 2.24) is 25.0 Å². The molecule has 2 amide bonds. The molecule has 2 rings (SSSR count). The Bertz CT molecular complexity index is 516.